The zero-order chi connectivity index (χ0) is 18.8. The smallest absolute Gasteiger partial charge is 0.434 e. The van der Waals surface area contributed by atoms with Crippen molar-refractivity contribution in [2.75, 3.05) is 11.9 Å². The summed E-state index contributed by atoms with van der Waals surface area (Å²) in [7, 11) is 0. The van der Waals surface area contributed by atoms with Crippen LogP contribution in [0.4, 0.5) is 10.5 Å². The topological polar surface area (TPSA) is 76.2 Å². The first-order valence-corrected chi connectivity index (χ1v) is 10.2. The number of ether oxygens (including phenoxy) is 2. The van der Waals surface area contributed by atoms with Crippen LogP contribution in [-0.4, -0.2) is 28.8 Å². The summed E-state index contributed by atoms with van der Waals surface area (Å²) in [5.74, 6) is 0.257. The Kier molecular flexibility index (Phi) is 5.03. The number of carbonyl (C=O) groups is 1. The number of aromatic amines is 1. The van der Waals surface area contributed by atoms with Gasteiger partial charge >= 0.3 is 6.16 Å². The summed E-state index contributed by atoms with van der Waals surface area (Å²) < 4.78 is 9.86. The molecule has 0 saturated heterocycles. The van der Waals surface area contributed by atoms with Gasteiger partial charge in [-0.1, -0.05) is 12.8 Å². The first-order chi connectivity index (χ1) is 13.1. The molecule has 7 heteroatoms. The largest absolute Gasteiger partial charge is 0.515 e. The Morgan fingerprint density at radius 2 is 2.15 bits per heavy atom. The molecule has 1 aliphatic carbocycles. The third-order valence-corrected chi connectivity index (χ3v) is 5.61. The van der Waals surface area contributed by atoms with E-state index < -0.39 is 6.16 Å². The van der Waals surface area contributed by atoms with Crippen molar-refractivity contribution in [2.24, 2.45) is 0 Å². The summed E-state index contributed by atoms with van der Waals surface area (Å²) in [6, 6.07) is 7.00. The van der Waals surface area contributed by atoms with Gasteiger partial charge in [0.1, 0.15) is 5.01 Å². The lowest BCUT2D eigenvalue weighted by atomic mass is 10.1. The van der Waals surface area contributed by atoms with E-state index in [9.17, 15) is 4.79 Å². The summed E-state index contributed by atoms with van der Waals surface area (Å²) in [5.41, 5.74) is 4.36. The molecule has 2 aromatic heterocycles. The molecule has 2 N–H and O–H groups in total. The van der Waals surface area contributed by atoms with Crippen LogP contribution in [0.5, 0.6) is 5.88 Å². The molecular weight excluding hydrogens is 362 g/mol. The number of benzene rings is 1. The molecule has 6 nitrogen and oxygen atoms in total. The minimum absolute atomic E-state index is 0.257. The lowest BCUT2D eigenvalue weighted by Gasteiger charge is -2.15. The van der Waals surface area contributed by atoms with Crippen LogP contribution < -0.4 is 10.1 Å². The highest BCUT2D eigenvalue weighted by molar-refractivity contribution is 7.13. The van der Waals surface area contributed by atoms with Gasteiger partial charge in [0.25, 0.3) is 0 Å². The number of aryl methyl sites for hydroxylation is 1. The van der Waals surface area contributed by atoms with E-state index in [0.29, 0.717) is 6.04 Å². The second kappa shape index (κ2) is 7.60. The second-order valence-electron chi connectivity index (χ2n) is 6.86. The average Bonchev–Trinajstić information content (AvgIpc) is 3.34. The minimum Gasteiger partial charge on any atom is -0.434 e. The van der Waals surface area contributed by atoms with E-state index in [1.807, 2.05) is 0 Å². The summed E-state index contributed by atoms with van der Waals surface area (Å²) in [6.07, 6.45) is 4.31. The predicted molar refractivity (Wildman–Crippen MR) is 108 cm³/mol. The molecule has 2 heterocycles. The highest BCUT2D eigenvalue weighted by Crippen LogP contribution is 2.34. The molecule has 0 unspecified atom stereocenters. The molecule has 1 saturated carbocycles. The van der Waals surface area contributed by atoms with E-state index in [1.54, 1.807) is 12.3 Å². The van der Waals surface area contributed by atoms with Crippen LogP contribution in [0, 0.1) is 6.92 Å². The molecule has 0 spiro atoms. The number of hydrogen-bond donors (Lipinski definition) is 2. The zero-order valence-corrected chi connectivity index (χ0v) is 16.3. The molecule has 27 heavy (non-hydrogen) atoms. The van der Waals surface area contributed by atoms with Crippen LogP contribution >= 0.6 is 11.3 Å². The van der Waals surface area contributed by atoms with Gasteiger partial charge in [-0.15, -0.1) is 11.3 Å². The number of nitrogens with zero attached hydrogens (tertiary/aromatic N) is 1. The maximum atomic E-state index is 11.5. The normalized spacial score (nSPS) is 14.6. The Balaban J connectivity index is 1.61. The van der Waals surface area contributed by atoms with E-state index in [-0.39, 0.29) is 12.5 Å². The number of nitrogens with one attached hydrogen (secondary N) is 2. The number of hydrogen-bond acceptors (Lipinski definition) is 6. The van der Waals surface area contributed by atoms with Gasteiger partial charge in [0.15, 0.2) is 0 Å². The highest BCUT2D eigenvalue weighted by atomic mass is 32.1. The molecule has 0 atom stereocenters. The van der Waals surface area contributed by atoms with Crippen LogP contribution in [0.1, 0.15) is 38.2 Å². The van der Waals surface area contributed by atoms with Gasteiger partial charge in [-0.3, -0.25) is 0 Å². The van der Waals surface area contributed by atoms with Gasteiger partial charge in [-0.25, -0.2) is 4.79 Å². The van der Waals surface area contributed by atoms with Crippen molar-refractivity contribution in [3.63, 3.8) is 0 Å². The van der Waals surface area contributed by atoms with Crippen LogP contribution in [0.3, 0.4) is 0 Å². The second-order valence-corrected chi connectivity index (χ2v) is 7.72. The minimum atomic E-state index is -0.732. The summed E-state index contributed by atoms with van der Waals surface area (Å²) in [6.45, 7) is 4.12. The predicted octanol–water partition coefficient (Wildman–Crippen LogP) is 5.49. The SMILES string of the molecule is CCOC(=O)Oc1csc(-c2cc3cc(C)cc(NC4CCCC4)c3[nH]2)n1. The van der Waals surface area contributed by atoms with Crippen molar-refractivity contribution in [1.82, 2.24) is 9.97 Å². The van der Waals surface area contributed by atoms with Gasteiger partial charge < -0.3 is 19.8 Å². The molecule has 0 bridgehead atoms. The number of fused-ring (bicyclic) bond motifs is 1. The fraction of sp³-hybridized carbons (Fsp3) is 0.400. The van der Waals surface area contributed by atoms with Crippen LogP contribution in [0.25, 0.3) is 21.6 Å². The standard InChI is InChI=1S/C20H23N3O3S/c1-3-25-20(24)26-17-11-27-19(23-17)16-10-13-8-12(2)9-15(18(13)22-16)21-14-6-4-5-7-14/h8-11,14,21-22H,3-7H2,1-2H3. The van der Waals surface area contributed by atoms with Crippen LogP contribution in [0.15, 0.2) is 23.6 Å². The number of rotatable bonds is 5. The number of thiazole rings is 1. The highest BCUT2D eigenvalue weighted by Gasteiger charge is 2.18. The molecule has 0 aliphatic heterocycles. The van der Waals surface area contributed by atoms with Crippen molar-refractivity contribution >= 4 is 34.1 Å². The van der Waals surface area contributed by atoms with Gasteiger partial charge in [0, 0.05) is 11.4 Å². The molecular formula is C20H23N3O3S. The maximum absolute atomic E-state index is 11.5. The number of anilines is 1. The Morgan fingerprint density at radius 1 is 1.33 bits per heavy atom. The van der Waals surface area contributed by atoms with E-state index in [1.165, 1.54) is 42.6 Å². The molecule has 1 aromatic carbocycles. The first kappa shape index (κ1) is 17.9. The molecule has 142 valence electrons. The Labute approximate surface area is 161 Å². The van der Waals surface area contributed by atoms with E-state index >= 15 is 0 Å². The van der Waals surface area contributed by atoms with E-state index in [4.69, 9.17) is 9.47 Å². The zero-order valence-electron chi connectivity index (χ0n) is 15.5. The molecule has 0 radical (unpaired) electrons. The Hall–Kier alpha value is -2.54. The Bertz CT molecular complexity index is 957. The van der Waals surface area contributed by atoms with Crippen molar-refractivity contribution in [2.45, 2.75) is 45.6 Å². The summed E-state index contributed by atoms with van der Waals surface area (Å²) >= 11 is 1.43. The fourth-order valence-corrected chi connectivity index (χ4v) is 4.27. The lowest BCUT2D eigenvalue weighted by Crippen LogP contribution is -2.14. The Morgan fingerprint density at radius 3 is 2.93 bits per heavy atom. The quantitative estimate of drug-likeness (QED) is 0.568. The molecule has 1 aliphatic rings. The number of carbonyl (C=O) groups excluding carboxylic acids is 1. The molecule has 1 fully saturated rings. The van der Waals surface area contributed by atoms with E-state index in [2.05, 4.69) is 40.4 Å². The van der Waals surface area contributed by atoms with Gasteiger partial charge in [0.05, 0.1) is 28.9 Å². The summed E-state index contributed by atoms with van der Waals surface area (Å²) in [4.78, 5) is 19.3. The first-order valence-electron chi connectivity index (χ1n) is 9.33. The third kappa shape index (κ3) is 3.93. The number of H-pyrrole nitrogens is 1. The third-order valence-electron chi connectivity index (χ3n) is 4.75. The molecule has 4 rings (SSSR count). The van der Waals surface area contributed by atoms with Gasteiger partial charge in [-0.05, 0) is 50.5 Å². The fourth-order valence-electron chi connectivity index (χ4n) is 3.58. The van der Waals surface area contributed by atoms with E-state index in [0.717, 1.165) is 27.3 Å². The van der Waals surface area contributed by atoms with Gasteiger partial charge in [0.2, 0.25) is 5.88 Å². The molecule has 0 amide bonds. The van der Waals surface area contributed by atoms with Crippen molar-refractivity contribution < 1.29 is 14.3 Å². The monoisotopic (exact) mass is 385 g/mol. The summed E-state index contributed by atoms with van der Waals surface area (Å²) in [5, 5.41) is 7.33. The van der Waals surface area contributed by atoms with Crippen LogP contribution in [0.2, 0.25) is 0 Å². The molecule has 3 aromatic rings. The van der Waals surface area contributed by atoms with Crippen molar-refractivity contribution in [3.05, 3.63) is 29.1 Å². The number of aromatic nitrogens is 2. The van der Waals surface area contributed by atoms with Crippen molar-refractivity contribution in [3.8, 4) is 16.6 Å². The lowest BCUT2D eigenvalue weighted by molar-refractivity contribution is 0.103. The average molecular weight is 385 g/mol. The van der Waals surface area contributed by atoms with Crippen molar-refractivity contribution in [1.29, 1.82) is 0 Å². The maximum Gasteiger partial charge on any atom is 0.515 e. The van der Waals surface area contributed by atoms with Crippen LogP contribution in [-0.2, 0) is 4.74 Å². The van der Waals surface area contributed by atoms with Gasteiger partial charge in [-0.2, -0.15) is 4.98 Å².